The van der Waals surface area contributed by atoms with Crippen LogP contribution < -0.4 is 10.6 Å². The Bertz CT molecular complexity index is 670. The molecule has 1 aliphatic heterocycles. The number of aromatic nitrogens is 2. The molecule has 0 aliphatic carbocycles. The minimum Gasteiger partial charge on any atom is -0.383 e. The molecular weight excluding hydrogens is 260 g/mol. The molecule has 2 aromatic rings. The van der Waals surface area contributed by atoms with Gasteiger partial charge < -0.3 is 15.2 Å². The highest BCUT2D eigenvalue weighted by molar-refractivity contribution is 5.75. The highest BCUT2D eigenvalue weighted by atomic mass is 15.1. The van der Waals surface area contributed by atoms with Crippen molar-refractivity contribution in [3.05, 3.63) is 29.6 Å². The summed E-state index contributed by atoms with van der Waals surface area (Å²) in [6, 6.07) is 6.59. The first kappa shape index (κ1) is 14.0. The van der Waals surface area contributed by atoms with Crippen molar-refractivity contribution in [3.63, 3.8) is 0 Å². The van der Waals surface area contributed by atoms with Crippen LogP contribution in [0.15, 0.2) is 18.2 Å². The van der Waals surface area contributed by atoms with E-state index < -0.39 is 0 Å². The van der Waals surface area contributed by atoms with Gasteiger partial charge in [-0.3, -0.25) is 0 Å². The van der Waals surface area contributed by atoms with E-state index in [2.05, 4.69) is 55.5 Å². The molecule has 0 spiro atoms. The van der Waals surface area contributed by atoms with Crippen molar-refractivity contribution in [1.29, 1.82) is 0 Å². The van der Waals surface area contributed by atoms with E-state index in [1.807, 2.05) is 0 Å². The number of imidazole rings is 1. The lowest BCUT2D eigenvalue weighted by Gasteiger charge is -2.12. The Labute approximate surface area is 126 Å². The molecule has 4 nitrogen and oxygen atoms in total. The van der Waals surface area contributed by atoms with E-state index in [0.29, 0.717) is 5.92 Å². The molecule has 0 atom stereocenters. The summed E-state index contributed by atoms with van der Waals surface area (Å²) in [5.41, 5.74) is 11.1. The maximum absolute atomic E-state index is 6.35. The first-order chi connectivity index (χ1) is 10.0. The van der Waals surface area contributed by atoms with Crippen molar-refractivity contribution < 1.29 is 0 Å². The van der Waals surface area contributed by atoms with Crippen LogP contribution >= 0.6 is 0 Å². The molecule has 2 heterocycles. The van der Waals surface area contributed by atoms with Crippen molar-refractivity contribution in [2.45, 2.75) is 39.7 Å². The van der Waals surface area contributed by atoms with Crippen molar-refractivity contribution >= 4 is 11.5 Å². The van der Waals surface area contributed by atoms with E-state index in [-0.39, 0.29) is 0 Å². The fourth-order valence-electron chi connectivity index (χ4n) is 3.18. The maximum atomic E-state index is 6.35. The summed E-state index contributed by atoms with van der Waals surface area (Å²) in [5.74, 6) is 2.23. The minimum atomic E-state index is 0.376. The SMILES string of the molecule is CCn1c(C(C)C)nc(-c2ccc3c(c2)CCN3C)c1N. The van der Waals surface area contributed by atoms with Gasteiger partial charge in [-0.15, -0.1) is 0 Å². The van der Waals surface area contributed by atoms with Crippen LogP contribution in [0.1, 0.15) is 38.1 Å². The van der Waals surface area contributed by atoms with Gasteiger partial charge in [0.05, 0.1) is 0 Å². The Hall–Kier alpha value is -1.97. The van der Waals surface area contributed by atoms with Gasteiger partial charge in [-0.05, 0) is 31.0 Å². The van der Waals surface area contributed by atoms with E-state index in [4.69, 9.17) is 10.7 Å². The molecule has 112 valence electrons. The number of nitrogen functional groups attached to an aromatic ring is 1. The summed E-state index contributed by atoms with van der Waals surface area (Å²) in [4.78, 5) is 7.12. The predicted octanol–water partition coefficient (Wildman–Crippen LogP) is 3.27. The number of nitrogens with zero attached hydrogens (tertiary/aromatic N) is 3. The highest BCUT2D eigenvalue weighted by Gasteiger charge is 2.20. The van der Waals surface area contributed by atoms with Crippen LogP contribution in [0.2, 0.25) is 0 Å². The zero-order valence-corrected chi connectivity index (χ0v) is 13.3. The Kier molecular flexibility index (Phi) is 3.40. The van der Waals surface area contributed by atoms with Gasteiger partial charge in [0.2, 0.25) is 0 Å². The number of hydrogen-bond acceptors (Lipinski definition) is 3. The van der Waals surface area contributed by atoms with Gasteiger partial charge in [0, 0.05) is 37.3 Å². The van der Waals surface area contributed by atoms with E-state index in [0.717, 1.165) is 42.4 Å². The lowest BCUT2D eigenvalue weighted by molar-refractivity contribution is 0.658. The van der Waals surface area contributed by atoms with Gasteiger partial charge in [-0.2, -0.15) is 0 Å². The Morgan fingerprint density at radius 3 is 2.71 bits per heavy atom. The normalized spacial score (nSPS) is 14.0. The molecule has 1 aromatic carbocycles. The average Bonchev–Trinajstić information content (AvgIpc) is 2.99. The van der Waals surface area contributed by atoms with Crippen molar-refractivity contribution in [2.75, 3.05) is 24.2 Å². The fraction of sp³-hybridized carbons (Fsp3) is 0.471. The van der Waals surface area contributed by atoms with Crippen molar-refractivity contribution in [2.24, 2.45) is 0 Å². The lowest BCUT2D eigenvalue weighted by Crippen LogP contribution is -2.12. The average molecular weight is 284 g/mol. The molecule has 1 aromatic heterocycles. The monoisotopic (exact) mass is 284 g/mol. The van der Waals surface area contributed by atoms with Gasteiger partial charge >= 0.3 is 0 Å². The molecular formula is C17H24N4. The van der Waals surface area contributed by atoms with Gasteiger partial charge in [0.25, 0.3) is 0 Å². The Morgan fingerprint density at radius 2 is 2.10 bits per heavy atom. The van der Waals surface area contributed by atoms with Crippen LogP contribution in [-0.2, 0) is 13.0 Å². The molecule has 0 radical (unpaired) electrons. The molecule has 3 rings (SSSR count). The quantitative estimate of drug-likeness (QED) is 0.941. The van der Waals surface area contributed by atoms with Gasteiger partial charge in [-0.25, -0.2) is 4.98 Å². The van der Waals surface area contributed by atoms with Crippen LogP contribution in [0.3, 0.4) is 0 Å². The second-order valence-corrected chi connectivity index (χ2v) is 6.12. The van der Waals surface area contributed by atoms with E-state index in [1.165, 1.54) is 11.3 Å². The fourth-order valence-corrected chi connectivity index (χ4v) is 3.18. The number of nitrogens with two attached hydrogens (primary N) is 1. The zero-order chi connectivity index (χ0) is 15.1. The number of hydrogen-bond donors (Lipinski definition) is 1. The molecule has 0 saturated carbocycles. The molecule has 0 bridgehead atoms. The van der Waals surface area contributed by atoms with Crippen LogP contribution in [0.25, 0.3) is 11.3 Å². The van der Waals surface area contributed by atoms with Crippen LogP contribution in [0, 0.1) is 0 Å². The third-order valence-corrected chi connectivity index (χ3v) is 4.35. The van der Waals surface area contributed by atoms with Crippen molar-refractivity contribution in [3.8, 4) is 11.3 Å². The van der Waals surface area contributed by atoms with Gasteiger partial charge in [0.15, 0.2) is 0 Å². The summed E-state index contributed by atoms with van der Waals surface area (Å²) in [5, 5.41) is 0. The number of anilines is 2. The van der Waals surface area contributed by atoms with E-state index >= 15 is 0 Å². The number of benzene rings is 1. The molecule has 4 heteroatoms. The molecule has 2 N–H and O–H groups in total. The predicted molar refractivity (Wildman–Crippen MR) is 88.8 cm³/mol. The number of likely N-dealkylation sites (N-methyl/N-ethyl adjacent to an activating group) is 1. The lowest BCUT2D eigenvalue weighted by atomic mass is 10.1. The first-order valence-corrected chi connectivity index (χ1v) is 7.73. The van der Waals surface area contributed by atoms with E-state index in [1.54, 1.807) is 0 Å². The second-order valence-electron chi connectivity index (χ2n) is 6.12. The Balaban J connectivity index is 2.09. The minimum absolute atomic E-state index is 0.376. The van der Waals surface area contributed by atoms with Gasteiger partial charge in [-0.1, -0.05) is 19.9 Å². The summed E-state index contributed by atoms with van der Waals surface area (Å²) in [7, 11) is 2.14. The molecule has 21 heavy (non-hydrogen) atoms. The summed E-state index contributed by atoms with van der Waals surface area (Å²) in [6.07, 6.45) is 1.10. The third kappa shape index (κ3) is 2.19. The highest BCUT2D eigenvalue weighted by Crippen LogP contribution is 2.34. The topological polar surface area (TPSA) is 47.1 Å². The van der Waals surface area contributed by atoms with Crippen LogP contribution in [0.4, 0.5) is 11.5 Å². The molecule has 0 fully saturated rings. The summed E-state index contributed by atoms with van der Waals surface area (Å²) in [6.45, 7) is 8.39. The number of fused-ring (bicyclic) bond motifs is 1. The largest absolute Gasteiger partial charge is 0.383 e. The van der Waals surface area contributed by atoms with Crippen molar-refractivity contribution in [1.82, 2.24) is 9.55 Å². The van der Waals surface area contributed by atoms with Crippen LogP contribution in [0.5, 0.6) is 0 Å². The third-order valence-electron chi connectivity index (χ3n) is 4.35. The standard InChI is InChI=1S/C17H24N4/c1-5-21-16(18)15(19-17(21)11(2)3)13-6-7-14-12(10-13)8-9-20(14)4/h6-7,10-11H,5,8-9,18H2,1-4H3. The maximum Gasteiger partial charge on any atom is 0.131 e. The first-order valence-electron chi connectivity index (χ1n) is 7.73. The van der Waals surface area contributed by atoms with E-state index in [9.17, 15) is 0 Å². The smallest absolute Gasteiger partial charge is 0.131 e. The van der Waals surface area contributed by atoms with Gasteiger partial charge in [0.1, 0.15) is 17.3 Å². The molecule has 0 unspecified atom stereocenters. The molecule has 1 aliphatic rings. The summed E-state index contributed by atoms with van der Waals surface area (Å²) >= 11 is 0. The zero-order valence-electron chi connectivity index (χ0n) is 13.3. The second kappa shape index (κ2) is 5.10. The number of rotatable bonds is 3. The molecule has 0 saturated heterocycles. The molecule has 0 amide bonds. The Morgan fingerprint density at radius 1 is 1.33 bits per heavy atom. The summed E-state index contributed by atoms with van der Waals surface area (Å²) < 4.78 is 2.12. The van der Waals surface area contributed by atoms with Crippen LogP contribution in [-0.4, -0.2) is 23.1 Å².